The van der Waals surface area contributed by atoms with E-state index >= 15 is 0 Å². The summed E-state index contributed by atoms with van der Waals surface area (Å²) in [5, 5.41) is 14.7. The number of hydrogen-bond donors (Lipinski definition) is 2. The molecule has 1 rings (SSSR count). The van der Waals surface area contributed by atoms with Crippen LogP contribution in [0.25, 0.3) is 6.08 Å². The van der Waals surface area contributed by atoms with Crippen molar-refractivity contribution >= 4 is 18.2 Å². The summed E-state index contributed by atoms with van der Waals surface area (Å²) in [6.45, 7) is 0. The van der Waals surface area contributed by atoms with Crippen LogP contribution in [-0.4, -0.2) is 16.5 Å². The summed E-state index contributed by atoms with van der Waals surface area (Å²) in [7, 11) is 0. The molecule has 5 nitrogen and oxygen atoms in total. The molecule has 0 amide bonds. The van der Waals surface area contributed by atoms with Crippen molar-refractivity contribution in [2.45, 2.75) is 0 Å². The van der Waals surface area contributed by atoms with Gasteiger partial charge in [0.1, 0.15) is 17.9 Å². The Kier molecular flexibility index (Phi) is 2.23. The molecule has 1 heterocycles. The number of nitrogens with one attached hydrogen (secondary N) is 1. The molecule has 3 N–H and O–H groups in total. The van der Waals surface area contributed by atoms with Gasteiger partial charge in [0, 0.05) is 0 Å². The topological polar surface area (TPSA) is 95.6 Å². The molecule has 0 radical (unpaired) electrons. The average Bonchev–Trinajstić information content (AvgIpc) is 2.43. The number of anilines is 1. The molecule has 60 valence electrons. The molecule has 12 heavy (non-hydrogen) atoms. The highest BCUT2D eigenvalue weighted by molar-refractivity contribution is 5.75. The fourth-order valence-corrected chi connectivity index (χ4v) is 0.744. The highest BCUT2D eigenvalue weighted by atomic mass is 16.1. The molecule has 0 aliphatic carbocycles. The third-order valence-corrected chi connectivity index (χ3v) is 1.28. The predicted molar refractivity (Wildman–Crippen MR) is 42.8 cm³/mol. The average molecular weight is 162 g/mol. The largest absolute Gasteiger partial charge is 0.381 e. The number of nitrogen functional groups attached to an aromatic ring is 1. The van der Waals surface area contributed by atoms with Crippen LogP contribution in [0.2, 0.25) is 0 Å². The van der Waals surface area contributed by atoms with Gasteiger partial charge in [-0.1, -0.05) is 0 Å². The molecule has 0 aliphatic rings. The van der Waals surface area contributed by atoms with Crippen molar-refractivity contribution in [1.82, 2.24) is 10.2 Å². The summed E-state index contributed by atoms with van der Waals surface area (Å²) in [5.41, 5.74) is 6.04. The first-order valence-corrected chi connectivity index (χ1v) is 3.15. The molecular weight excluding hydrogens is 156 g/mol. The molecule has 0 atom stereocenters. The van der Waals surface area contributed by atoms with E-state index in [4.69, 9.17) is 11.0 Å². The monoisotopic (exact) mass is 162 g/mol. The number of aldehydes is 1. The summed E-state index contributed by atoms with van der Waals surface area (Å²) in [5.74, 6) is 0.142. The SMILES string of the molecule is N#Cc1c(N)n[nH]c1C=CC=O. The normalized spacial score (nSPS) is 9.92. The fourth-order valence-electron chi connectivity index (χ4n) is 0.744. The first-order valence-electron chi connectivity index (χ1n) is 3.15. The summed E-state index contributed by atoms with van der Waals surface area (Å²) in [6.07, 6.45) is 3.31. The zero-order chi connectivity index (χ0) is 8.97. The van der Waals surface area contributed by atoms with Crippen molar-refractivity contribution in [3.05, 3.63) is 17.3 Å². The van der Waals surface area contributed by atoms with E-state index in [0.29, 0.717) is 12.0 Å². The maximum atomic E-state index is 9.95. The van der Waals surface area contributed by atoms with Gasteiger partial charge >= 0.3 is 0 Å². The number of carbonyl (C=O) groups is 1. The Morgan fingerprint density at radius 3 is 3.00 bits per heavy atom. The lowest BCUT2D eigenvalue weighted by Crippen LogP contribution is -1.87. The minimum Gasteiger partial charge on any atom is -0.381 e. The van der Waals surface area contributed by atoms with Gasteiger partial charge < -0.3 is 5.73 Å². The maximum Gasteiger partial charge on any atom is 0.163 e. The molecule has 0 aliphatic heterocycles. The molecule has 0 saturated heterocycles. The van der Waals surface area contributed by atoms with Gasteiger partial charge in [-0.25, -0.2) is 0 Å². The highest BCUT2D eigenvalue weighted by Crippen LogP contribution is 2.12. The van der Waals surface area contributed by atoms with Gasteiger partial charge in [0.05, 0.1) is 5.69 Å². The van der Waals surface area contributed by atoms with Crippen LogP contribution in [0.4, 0.5) is 5.82 Å². The fraction of sp³-hybridized carbons (Fsp3) is 0. The van der Waals surface area contributed by atoms with Gasteiger partial charge in [-0.3, -0.25) is 9.89 Å². The number of aromatic nitrogens is 2. The Balaban J connectivity index is 3.09. The van der Waals surface area contributed by atoms with Crippen molar-refractivity contribution < 1.29 is 4.79 Å². The molecule has 0 saturated carbocycles. The second-order valence-corrected chi connectivity index (χ2v) is 2.00. The van der Waals surface area contributed by atoms with E-state index in [1.54, 1.807) is 0 Å². The Bertz CT molecular complexity index is 358. The molecule has 5 heteroatoms. The number of nitrogens with zero attached hydrogens (tertiary/aromatic N) is 2. The van der Waals surface area contributed by atoms with Gasteiger partial charge in [0.15, 0.2) is 5.82 Å². The zero-order valence-electron chi connectivity index (χ0n) is 6.11. The van der Waals surface area contributed by atoms with Crippen LogP contribution in [0.3, 0.4) is 0 Å². The molecular formula is C7H6N4O. The van der Waals surface area contributed by atoms with E-state index in [9.17, 15) is 4.79 Å². The molecule has 1 aromatic rings. The van der Waals surface area contributed by atoms with Gasteiger partial charge in [0.2, 0.25) is 0 Å². The lowest BCUT2D eigenvalue weighted by molar-refractivity contribution is -0.104. The second kappa shape index (κ2) is 3.34. The van der Waals surface area contributed by atoms with E-state index < -0.39 is 0 Å². The van der Waals surface area contributed by atoms with Crippen LogP contribution in [0.1, 0.15) is 11.3 Å². The number of hydrogen-bond acceptors (Lipinski definition) is 4. The molecule has 1 aromatic heterocycles. The van der Waals surface area contributed by atoms with E-state index in [1.165, 1.54) is 12.2 Å². The van der Waals surface area contributed by atoms with E-state index in [2.05, 4.69) is 10.2 Å². The van der Waals surface area contributed by atoms with Crippen LogP contribution < -0.4 is 5.73 Å². The molecule has 0 spiro atoms. The van der Waals surface area contributed by atoms with Crippen LogP contribution in [0, 0.1) is 11.3 Å². The molecule has 0 aromatic carbocycles. The molecule has 0 bridgehead atoms. The van der Waals surface area contributed by atoms with Crippen molar-refractivity contribution in [3.63, 3.8) is 0 Å². The summed E-state index contributed by atoms with van der Waals surface area (Å²) >= 11 is 0. The van der Waals surface area contributed by atoms with Crippen molar-refractivity contribution in [3.8, 4) is 6.07 Å². The van der Waals surface area contributed by atoms with E-state index in [1.807, 2.05) is 6.07 Å². The lowest BCUT2D eigenvalue weighted by Gasteiger charge is -1.83. The van der Waals surface area contributed by atoms with Crippen molar-refractivity contribution in [1.29, 1.82) is 5.26 Å². The first kappa shape index (κ1) is 8.01. The zero-order valence-corrected chi connectivity index (χ0v) is 6.11. The molecule has 0 fully saturated rings. The van der Waals surface area contributed by atoms with Gasteiger partial charge in [-0.15, -0.1) is 0 Å². The summed E-state index contributed by atoms with van der Waals surface area (Å²) < 4.78 is 0. The van der Waals surface area contributed by atoms with Crippen LogP contribution in [-0.2, 0) is 4.79 Å². The second-order valence-electron chi connectivity index (χ2n) is 2.00. The molecule has 0 unspecified atom stereocenters. The van der Waals surface area contributed by atoms with E-state index in [-0.39, 0.29) is 11.4 Å². The predicted octanol–water partition coefficient (Wildman–Crippen LogP) is 0.0757. The number of carbonyl (C=O) groups excluding carboxylic acids is 1. The van der Waals surface area contributed by atoms with Gasteiger partial charge in [-0.05, 0) is 12.2 Å². The highest BCUT2D eigenvalue weighted by Gasteiger charge is 2.05. The van der Waals surface area contributed by atoms with Crippen LogP contribution >= 0.6 is 0 Å². The number of H-pyrrole nitrogens is 1. The minimum absolute atomic E-state index is 0.142. The number of nitrogens with two attached hydrogens (primary N) is 1. The van der Waals surface area contributed by atoms with Crippen molar-refractivity contribution in [2.24, 2.45) is 0 Å². The number of rotatable bonds is 2. The minimum atomic E-state index is 0.142. The number of aromatic amines is 1. The Hall–Kier alpha value is -2.09. The number of nitriles is 1. The quantitative estimate of drug-likeness (QED) is 0.475. The third kappa shape index (κ3) is 1.32. The van der Waals surface area contributed by atoms with E-state index in [0.717, 1.165) is 0 Å². The lowest BCUT2D eigenvalue weighted by atomic mass is 10.2. The van der Waals surface area contributed by atoms with Gasteiger partial charge in [0.25, 0.3) is 0 Å². The number of allylic oxidation sites excluding steroid dienone is 1. The Morgan fingerprint density at radius 2 is 2.42 bits per heavy atom. The van der Waals surface area contributed by atoms with Gasteiger partial charge in [-0.2, -0.15) is 10.4 Å². The van der Waals surface area contributed by atoms with Crippen LogP contribution in [0.5, 0.6) is 0 Å². The maximum absolute atomic E-state index is 9.95. The standard InChI is InChI=1S/C7H6N4O/c8-4-5-6(2-1-3-12)10-11-7(5)9/h1-3H,(H3,9,10,11). The van der Waals surface area contributed by atoms with Crippen molar-refractivity contribution in [2.75, 3.05) is 5.73 Å². The van der Waals surface area contributed by atoms with Crippen LogP contribution in [0.15, 0.2) is 6.08 Å². The summed E-state index contributed by atoms with van der Waals surface area (Å²) in [6, 6.07) is 1.87. The Labute approximate surface area is 68.5 Å². The first-order chi connectivity index (χ1) is 5.79. The summed E-state index contributed by atoms with van der Waals surface area (Å²) in [4.78, 5) is 9.95. The smallest absolute Gasteiger partial charge is 0.163 e. The Morgan fingerprint density at radius 1 is 1.67 bits per heavy atom. The third-order valence-electron chi connectivity index (χ3n) is 1.28.